The fraction of sp³-hybridized carbons (Fsp3) is 0.200. The summed E-state index contributed by atoms with van der Waals surface area (Å²) in [6, 6.07) is 12.0. The van der Waals surface area contributed by atoms with E-state index in [0.717, 1.165) is 0 Å². The summed E-state index contributed by atoms with van der Waals surface area (Å²) in [4.78, 5) is 4.37. The van der Waals surface area contributed by atoms with E-state index in [1.807, 2.05) is 25.1 Å². The third-order valence-electron chi connectivity index (χ3n) is 3.09. The van der Waals surface area contributed by atoms with Crippen LogP contribution in [-0.4, -0.2) is 20.3 Å². The molecule has 7 heteroatoms. The number of aromatic nitrogens is 4. The van der Waals surface area contributed by atoms with Gasteiger partial charge in [0.05, 0.1) is 6.20 Å². The van der Waals surface area contributed by atoms with Crippen molar-refractivity contribution in [2.45, 2.75) is 19.9 Å². The molecule has 0 fully saturated rings. The van der Waals surface area contributed by atoms with Gasteiger partial charge in [-0.3, -0.25) is 0 Å². The van der Waals surface area contributed by atoms with E-state index >= 15 is 0 Å². The van der Waals surface area contributed by atoms with E-state index in [9.17, 15) is 0 Å². The smallest absolute Gasteiger partial charge is 0.250 e. The second kappa shape index (κ2) is 6.21. The predicted molar refractivity (Wildman–Crippen MR) is 82.8 cm³/mol. The number of nitrogens with zero attached hydrogens (tertiary/aromatic N) is 4. The molecular weight excluding hydrogens is 280 g/mol. The number of nitrogens with one attached hydrogen (secondary N) is 2. The number of hydrogen-bond donors (Lipinski definition) is 2. The van der Waals surface area contributed by atoms with Gasteiger partial charge in [-0.2, -0.15) is 10.1 Å². The SMILES string of the molecule is Cc1cc(Nc2nncc(NC(C)c3ccccc3)n2)no1. The van der Waals surface area contributed by atoms with E-state index in [-0.39, 0.29) is 6.04 Å². The highest BCUT2D eigenvalue weighted by atomic mass is 16.5. The molecular formula is C15H16N6O. The number of aryl methyl sites for hydroxylation is 1. The molecule has 0 aliphatic heterocycles. The van der Waals surface area contributed by atoms with Crippen LogP contribution in [0.4, 0.5) is 17.6 Å². The van der Waals surface area contributed by atoms with Crippen LogP contribution in [0.25, 0.3) is 0 Å². The van der Waals surface area contributed by atoms with Crippen LogP contribution in [0.5, 0.6) is 0 Å². The van der Waals surface area contributed by atoms with Gasteiger partial charge in [0.2, 0.25) is 5.95 Å². The molecule has 3 rings (SSSR count). The highest BCUT2D eigenvalue weighted by Crippen LogP contribution is 2.18. The third-order valence-corrected chi connectivity index (χ3v) is 3.09. The van der Waals surface area contributed by atoms with Crippen LogP contribution in [0.3, 0.4) is 0 Å². The Morgan fingerprint density at radius 1 is 1.14 bits per heavy atom. The molecule has 22 heavy (non-hydrogen) atoms. The Bertz CT molecular complexity index is 743. The summed E-state index contributed by atoms with van der Waals surface area (Å²) in [5.74, 6) is 2.25. The number of anilines is 3. The van der Waals surface area contributed by atoms with Gasteiger partial charge in [-0.15, -0.1) is 5.10 Å². The summed E-state index contributed by atoms with van der Waals surface area (Å²) in [7, 11) is 0. The minimum absolute atomic E-state index is 0.111. The predicted octanol–water partition coefficient (Wildman–Crippen LogP) is 3.08. The minimum Gasteiger partial charge on any atom is -0.362 e. The Labute approximate surface area is 127 Å². The van der Waals surface area contributed by atoms with Crippen LogP contribution >= 0.6 is 0 Å². The largest absolute Gasteiger partial charge is 0.362 e. The summed E-state index contributed by atoms with van der Waals surface area (Å²) in [5.41, 5.74) is 1.17. The summed E-state index contributed by atoms with van der Waals surface area (Å²) >= 11 is 0. The van der Waals surface area contributed by atoms with Crippen LogP contribution in [-0.2, 0) is 0 Å². The van der Waals surface area contributed by atoms with Gasteiger partial charge in [0.25, 0.3) is 0 Å². The molecule has 0 aliphatic carbocycles. The summed E-state index contributed by atoms with van der Waals surface area (Å²) in [6.45, 7) is 3.88. The summed E-state index contributed by atoms with van der Waals surface area (Å²) in [6.07, 6.45) is 1.58. The second-order valence-electron chi connectivity index (χ2n) is 4.89. The van der Waals surface area contributed by atoms with Crippen LogP contribution in [0.2, 0.25) is 0 Å². The van der Waals surface area contributed by atoms with Crippen LogP contribution < -0.4 is 10.6 Å². The van der Waals surface area contributed by atoms with Gasteiger partial charge in [-0.1, -0.05) is 35.5 Å². The molecule has 2 heterocycles. The first kappa shape index (κ1) is 14.0. The first-order chi connectivity index (χ1) is 10.7. The van der Waals surface area contributed by atoms with Gasteiger partial charge in [-0.25, -0.2) is 0 Å². The standard InChI is InChI=1S/C15H16N6O/c1-10-8-13(21-22-10)18-15-19-14(9-16-20-15)17-11(2)12-6-4-3-5-7-12/h3-9,11H,1-2H3,(H2,17,18,19,20,21). The zero-order valence-electron chi connectivity index (χ0n) is 12.3. The molecule has 0 spiro atoms. The Kier molecular flexibility index (Phi) is 3.95. The van der Waals surface area contributed by atoms with Crippen molar-refractivity contribution in [2.75, 3.05) is 10.6 Å². The lowest BCUT2D eigenvalue weighted by Crippen LogP contribution is -2.09. The monoisotopic (exact) mass is 296 g/mol. The minimum atomic E-state index is 0.111. The maximum atomic E-state index is 4.99. The molecule has 2 N–H and O–H groups in total. The van der Waals surface area contributed by atoms with E-state index in [1.54, 1.807) is 12.3 Å². The molecule has 112 valence electrons. The Morgan fingerprint density at radius 3 is 2.68 bits per heavy atom. The molecule has 7 nitrogen and oxygen atoms in total. The van der Waals surface area contributed by atoms with E-state index in [4.69, 9.17) is 4.52 Å². The lowest BCUT2D eigenvalue weighted by atomic mass is 10.1. The van der Waals surface area contributed by atoms with Gasteiger partial charge in [-0.05, 0) is 19.4 Å². The van der Waals surface area contributed by atoms with Crippen molar-refractivity contribution >= 4 is 17.6 Å². The first-order valence-corrected chi connectivity index (χ1v) is 6.92. The average Bonchev–Trinajstić information content (AvgIpc) is 2.93. The first-order valence-electron chi connectivity index (χ1n) is 6.92. The number of benzene rings is 1. The molecule has 0 bridgehead atoms. The van der Waals surface area contributed by atoms with Crippen molar-refractivity contribution in [3.63, 3.8) is 0 Å². The lowest BCUT2D eigenvalue weighted by molar-refractivity contribution is 0.400. The van der Waals surface area contributed by atoms with Gasteiger partial charge >= 0.3 is 0 Å². The van der Waals surface area contributed by atoms with Crippen LogP contribution in [0.1, 0.15) is 24.3 Å². The van der Waals surface area contributed by atoms with Crippen molar-refractivity contribution in [1.82, 2.24) is 20.3 Å². The van der Waals surface area contributed by atoms with Gasteiger partial charge in [0, 0.05) is 12.1 Å². The maximum Gasteiger partial charge on any atom is 0.250 e. The normalized spacial score (nSPS) is 11.9. The highest BCUT2D eigenvalue weighted by molar-refractivity contribution is 5.49. The molecule has 0 radical (unpaired) electrons. The van der Waals surface area contributed by atoms with Crippen molar-refractivity contribution in [3.8, 4) is 0 Å². The molecule has 0 amide bonds. The molecule has 1 aromatic carbocycles. The Balaban J connectivity index is 1.71. The topological polar surface area (TPSA) is 88.8 Å². The Morgan fingerprint density at radius 2 is 1.95 bits per heavy atom. The fourth-order valence-corrected chi connectivity index (χ4v) is 2.01. The third kappa shape index (κ3) is 3.38. The van der Waals surface area contributed by atoms with Crippen molar-refractivity contribution < 1.29 is 4.52 Å². The second-order valence-corrected chi connectivity index (χ2v) is 4.89. The summed E-state index contributed by atoms with van der Waals surface area (Å²) < 4.78 is 4.99. The summed E-state index contributed by atoms with van der Waals surface area (Å²) in [5, 5.41) is 17.9. The molecule has 1 unspecified atom stereocenters. The number of hydrogen-bond acceptors (Lipinski definition) is 7. The lowest BCUT2D eigenvalue weighted by Gasteiger charge is -2.14. The highest BCUT2D eigenvalue weighted by Gasteiger charge is 2.08. The van der Waals surface area contributed by atoms with Gasteiger partial charge in [0.1, 0.15) is 5.76 Å². The van der Waals surface area contributed by atoms with Crippen molar-refractivity contribution in [3.05, 3.63) is 53.9 Å². The molecule has 1 atom stereocenters. The number of rotatable bonds is 5. The molecule has 0 aliphatic rings. The Hall–Kier alpha value is -2.96. The van der Waals surface area contributed by atoms with Crippen LogP contribution in [0, 0.1) is 6.92 Å². The molecule has 0 saturated carbocycles. The zero-order chi connectivity index (χ0) is 15.4. The van der Waals surface area contributed by atoms with E-state index in [0.29, 0.717) is 23.3 Å². The van der Waals surface area contributed by atoms with E-state index in [1.165, 1.54) is 5.56 Å². The van der Waals surface area contributed by atoms with E-state index < -0.39 is 0 Å². The quantitative estimate of drug-likeness (QED) is 0.747. The van der Waals surface area contributed by atoms with Crippen molar-refractivity contribution in [1.29, 1.82) is 0 Å². The average molecular weight is 296 g/mol. The maximum absolute atomic E-state index is 4.99. The van der Waals surface area contributed by atoms with Gasteiger partial charge < -0.3 is 15.2 Å². The molecule has 2 aromatic heterocycles. The molecule has 0 saturated heterocycles. The molecule has 3 aromatic rings. The zero-order valence-corrected chi connectivity index (χ0v) is 12.3. The van der Waals surface area contributed by atoms with Crippen LogP contribution in [0.15, 0.2) is 47.1 Å². The van der Waals surface area contributed by atoms with Crippen molar-refractivity contribution in [2.24, 2.45) is 0 Å². The van der Waals surface area contributed by atoms with E-state index in [2.05, 4.69) is 50.0 Å². The van der Waals surface area contributed by atoms with Gasteiger partial charge in [0.15, 0.2) is 11.6 Å². The fourth-order valence-electron chi connectivity index (χ4n) is 2.01.